The average molecular weight is 224 g/mol. The van der Waals surface area contributed by atoms with Crippen molar-refractivity contribution >= 4 is 10.8 Å². The largest absolute Gasteiger partial charge is 0.362 e. The van der Waals surface area contributed by atoms with Crippen molar-refractivity contribution in [3.8, 4) is 0 Å². The van der Waals surface area contributed by atoms with Crippen LogP contribution in [-0.4, -0.2) is 23.5 Å². The maximum absolute atomic E-state index is 2.32. The summed E-state index contributed by atoms with van der Waals surface area (Å²) in [5, 5.41) is 2.68. The highest BCUT2D eigenvalue weighted by atomic mass is 15.3. The van der Waals surface area contributed by atoms with E-state index in [-0.39, 0.29) is 0 Å². The van der Waals surface area contributed by atoms with Gasteiger partial charge in [-0.25, -0.2) is 0 Å². The molecule has 0 aliphatic carbocycles. The van der Waals surface area contributed by atoms with Crippen LogP contribution in [0.4, 0.5) is 0 Å². The summed E-state index contributed by atoms with van der Waals surface area (Å²) >= 11 is 0. The molecule has 0 fully saturated rings. The van der Waals surface area contributed by atoms with Gasteiger partial charge >= 0.3 is 0 Å². The highest BCUT2D eigenvalue weighted by Gasteiger charge is 2.10. The van der Waals surface area contributed by atoms with E-state index in [9.17, 15) is 0 Å². The molecule has 86 valence electrons. The summed E-state index contributed by atoms with van der Waals surface area (Å²) in [6, 6.07) is 15.1. The molecule has 0 amide bonds. The van der Waals surface area contributed by atoms with Gasteiger partial charge in [-0.05, 0) is 16.3 Å². The molecule has 2 aromatic rings. The molecule has 0 spiro atoms. The Kier molecular flexibility index (Phi) is 2.48. The predicted molar refractivity (Wildman–Crippen MR) is 71.3 cm³/mol. The number of rotatable bonds is 2. The van der Waals surface area contributed by atoms with Crippen molar-refractivity contribution in [1.29, 1.82) is 0 Å². The van der Waals surface area contributed by atoms with Crippen molar-refractivity contribution < 1.29 is 0 Å². The SMILES string of the molecule is CN1C=CN(Cc2cccc3ccccc23)C1. The van der Waals surface area contributed by atoms with Crippen LogP contribution >= 0.6 is 0 Å². The standard InChI is InChI=1S/C15H16N2/c1-16-9-10-17(12-16)11-14-7-4-6-13-5-2-3-8-15(13)14/h2-10H,11-12H2,1H3. The van der Waals surface area contributed by atoms with Gasteiger partial charge in [0.15, 0.2) is 0 Å². The molecule has 1 heterocycles. The van der Waals surface area contributed by atoms with Crippen LogP contribution in [0.15, 0.2) is 54.9 Å². The second-order valence-electron chi connectivity index (χ2n) is 4.58. The zero-order chi connectivity index (χ0) is 11.7. The van der Waals surface area contributed by atoms with Gasteiger partial charge in [-0.15, -0.1) is 0 Å². The molecular formula is C15H16N2. The Morgan fingerprint density at radius 2 is 1.82 bits per heavy atom. The lowest BCUT2D eigenvalue weighted by atomic mass is 10.0. The number of fused-ring (bicyclic) bond motifs is 1. The van der Waals surface area contributed by atoms with Crippen LogP contribution in [0.5, 0.6) is 0 Å². The Hall–Kier alpha value is -1.96. The number of hydrogen-bond acceptors (Lipinski definition) is 2. The monoisotopic (exact) mass is 224 g/mol. The molecule has 3 rings (SSSR count). The third-order valence-electron chi connectivity index (χ3n) is 3.19. The molecule has 1 aliphatic rings. The molecule has 1 aliphatic heterocycles. The van der Waals surface area contributed by atoms with Crippen molar-refractivity contribution in [1.82, 2.24) is 9.80 Å². The van der Waals surface area contributed by atoms with Gasteiger partial charge in [0, 0.05) is 26.0 Å². The lowest BCUT2D eigenvalue weighted by molar-refractivity contribution is 0.291. The maximum atomic E-state index is 2.32. The number of hydrogen-bond donors (Lipinski definition) is 0. The molecule has 0 unspecified atom stereocenters. The highest BCUT2D eigenvalue weighted by molar-refractivity contribution is 5.85. The molecule has 0 saturated heterocycles. The molecule has 2 heteroatoms. The Morgan fingerprint density at radius 1 is 1.00 bits per heavy atom. The van der Waals surface area contributed by atoms with E-state index in [1.54, 1.807) is 0 Å². The summed E-state index contributed by atoms with van der Waals surface area (Å²) in [5.41, 5.74) is 1.39. The van der Waals surface area contributed by atoms with E-state index in [2.05, 4.69) is 71.7 Å². The first-order valence-electron chi connectivity index (χ1n) is 5.92. The first kappa shape index (κ1) is 10.2. The third kappa shape index (κ3) is 1.98. The molecule has 2 nitrogen and oxygen atoms in total. The lowest BCUT2D eigenvalue weighted by Crippen LogP contribution is -2.21. The molecule has 0 saturated carbocycles. The fourth-order valence-electron chi connectivity index (χ4n) is 2.34. The van der Waals surface area contributed by atoms with Crippen molar-refractivity contribution in [2.75, 3.05) is 13.7 Å². The predicted octanol–water partition coefficient (Wildman–Crippen LogP) is 3.02. The molecule has 2 aromatic carbocycles. The summed E-state index contributed by atoms with van der Waals surface area (Å²) in [6.07, 6.45) is 4.27. The molecule has 17 heavy (non-hydrogen) atoms. The molecule has 0 N–H and O–H groups in total. The number of nitrogens with zero attached hydrogens (tertiary/aromatic N) is 2. The van der Waals surface area contributed by atoms with Gasteiger partial charge in [-0.1, -0.05) is 42.5 Å². The van der Waals surface area contributed by atoms with E-state index in [1.807, 2.05) is 0 Å². The Bertz CT molecular complexity index is 554. The van der Waals surface area contributed by atoms with Gasteiger partial charge in [-0.3, -0.25) is 0 Å². The van der Waals surface area contributed by atoms with E-state index >= 15 is 0 Å². The normalized spacial score (nSPS) is 14.9. The van der Waals surface area contributed by atoms with E-state index < -0.39 is 0 Å². The van der Waals surface area contributed by atoms with Crippen LogP contribution in [-0.2, 0) is 6.54 Å². The highest BCUT2D eigenvalue weighted by Crippen LogP contribution is 2.21. The van der Waals surface area contributed by atoms with Crippen molar-refractivity contribution in [3.05, 3.63) is 60.4 Å². The van der Waals surface area contributed by atoms with Crippen LogP contribution in [0.2, 0.25) is 0 Å². The third-order valence-corrected chi connectivity index (χ3v) is 3.19. The van der Waals surface area contributed by atoms with Gasteiger partial charge in [0.25, 0.3) is 0 Å². The van der Waals surface area contributed by atoms with Gasteiger partial charge in [0.2, 0.25) is 0 Å². The second kappa shape index (κ2) is 4.13. The van der Waals surface area contributed by atoms with Gasteiger partial charge < -0.3 is 9.80 Å². The smallest absolute Gasteiger partial charge is 0.0894 e. The van der Waals surface area contributed by atoms with Crippen LogP contribution in [0.1, 0.15) is 5.56 Å². The number of benzene rings is 2. The quantitative estimate of drug-likeness (QED) is 0.773. The Balaban J connectivity index is 1.93. The van der Waals surface area contributed by atoms with Crippen LogP contribution in [0.25, 0.3) is 10.8 Å². The molecule has 0 atom stereocenters. The van der Waals surface area contributed by atoms with E-state index in [4.69, 9.17) is 0 Å². The second-order valence-corrected chi connectivity index (χ2v) is 4.58. The summed E-state index contributed by atoms with van der Waals surface area (Å²) < 4.78 is 0. The van der Waals surface area contributed by atoms with Crippen molar-refractivity contribution in [3.63, 3.8) is 0 Å². The summed E-state index contributed by atoms with van der Waals surface area (Å²) in [6.45, 7) is 1.95. The fraction of sp³-hybridized carbons (Fsp3) is 0.200. The first-order valence-corrected chi connectivity index (χ1v) is 5.92. The van der Waals surface area contributed by atoms with Gasteiger partial charge in [0.1, 0.15) is 0 Å². The molecular weight excluding hydrogens is 208 g/mol. The van der Waals surface area contributed by atoms with Crippen LogP contribution in [0, 0.1) is 0 Å². The summed E-state index contributed by atoms with van der Waals surface area (Å²) in [7, 11) is 2.10. The summed E-state index contributed by atoms with van der Waals surface area (Å²) in [4.78, 5) is 4.51. The fourth-order valence-corrected chi connectivity index (χ4v) is 2.34. The average Bonchev–Trinajstić information content (AvgIpc) is 2.75. The first-order chi connectivity index (χ1) is 8.33. The Labute approximate surface area is 102 Å². The Morgan fingerprint density at radius 3 is 2.65 bits per heavy atom. The minimum absolute atomic E-state index is 0.974. The van der Waals surface area contributed by atoms with Gasteiger partial charge in [-0.2, -0.15) is 0 Å². The topological polar surface area (TPSA) is 6.48 Å². The van der Waals surface area contributed by atoms with Crippen LogP contribution in [0.3, 0.4) is 0 Å². The van der Waals surface area contributed by atoms with E-state index in [0.717, 1.165) is 13.2 Å². The molecule has 0 radical (unpaired) electrons. The van der Waals surface area contributed by atoms with E-state index in [0.29, 0.717) is 0 Å². The summed E-state index contributed by atoms with van der Waals surface area (Å²) in [5.74, 6) is 0. The van der Waals surface area contributed by atoms with Crippen molar-refractivity contribution in [2.24, 2.45) is 0 Å². The zero-order valence-corrected chi connectivity index (χ0v) is 10.0. The lowest BCUT2D eigenvalue weighted by Gasteiger charge is -2.19. The van der Waals surface area contributed by atoms with Crippen molar-refractivity contribution in [2.45, 2.75) is 6.54 Å². The van der Waals surface area contributed by atoms with Gasteiger partial charge in [0.05, 0.1) is 6.67 Å². The minimum atomic E-state index is 0.974. The minimum Gasteiger partial charge on any atom is -0.362 e. The van der Waals surface area contributed by atoms with Crippen LogP contribution < -0.4 is 0 Å². The molecule has 0 aromatic heterocycles. The molecule has 0 bridgehead atoms. The zero-order valence-electron chi connectivity index (χ0n) is 10.0. The van der Waals surface area contributed by atoms with E-state index in [1.165, 1.54) is 16.3 Å². The maximum Gasteiger partial charge on any atom is 0.0894 e.